The molecule has 0 atom stereocenters. The van der Waals surface area contributed by atoms with Gasteiger partial charge in [-0.15, -0.1) is 5.10 Å². The van der Waals surface area contributed by atoms with E-state index in [1.54, 1.807) is 6.21 Å². The van der Waals surface area contributed by atoms with Gasteiger partial charge < -0.3 is 28.4 Å². The van der Waals surface area contributed by atoms with Crippen LogP contribution in [-0.2, 0) is 0 Å². The Morgan fingerprint density at radius 2 is 1.38 bits per heavy atom. The smallest absolute Gasteiger partial charge is 0.210 e. The van der Waals surface area contributed by atoms with Crippen LogP contribution in [0.15, 0.2) is 20.3 Å². The topological polar surface area (TPSA) is 178 Å². The van der Waals surface area contributed by atoms with Gasteiger partial charge in [-0.25, -0.2) is 4.99 Å². The lowest BCUT2D eigenvalue weighted by molar-refractivity contribution is 0.558. The molecule has 24 heavy (non-hydrogen) atoms. The molecule has 0 heterocycles. The van der Waals surface area contributed by atoms with Gasteiger partial charge in [0.15, 0.2) is 5.96 Å². The van der Waals surface area contributed by atoms with Gasteiger partial charge in [0.2, 0.25) is 5.96 Å². The van der Waals surface area contributed by atoms with Crippen LogP contribution in [0.5, 0.6) is 0 Å². The molecule has 10 N–H and O–H groups in total. The van der Waals surface area contributed by atoms with Gasteiger partial charge in [-0.1, -0.05) is 38.5 Å². The molecule has 0 aliphatic carbocycles. The molecule has 0 rings (SSSR count). The molecule has 0 radical (unpaired) electrons. The van der Waals surface area contributed by atoms with Gasteiger partial charge in [0.1, 0.15) is 6.34 Å². The van der Waals surface area contributed by atoms with Gasteiger partial charge in [0.05, 0.1) is 0 Å². The average molecular weight is 340 g/mol. The number of unbranched alkanes of at least 4 members (excludes halogenated alkanes) is 8. The highest BCUT2D eigenvalue weighted by Crippen LogP contribution is 2.08. The Hall–Kier alpha value is -2.52. The number of aliphatic imine (C=N–C) groups is 1. The van der Waals surface area contributed by atoms with Crippen LogP contribution in [0.2, 0.25) is 0 Å². The minimum Gasteiger partial charge on any atom is -0.370 e. The van der Waals surface area contributed by atoms with Gasteiger partial charge in [-0.05, 0) is 19.3 Å². The maximum absolute atomic E-state index is 5.16. The van der Waals surface area contributed by atoms with E-state index in [1.807, 2.05) is 0 Å². The van der Waals surface area contributed by atoms with Crippen molar-refractivity contribution in [1.29, 1.82) is 0 Å². The first-order chi connectivity index (χ1) is 11.6. The normalized spacial score (nSPS) is 10.8. The van der Waals surface area contributed by atoms with Crippen molar-refractivity contribution in [2.24, 2.45) is 43.2 Å². The molecule has 0 aromatic carbocycles. The fraction of sp³-hybridized carbons (Fsp3) is 0.714. The molecule has 138 valence electrons. The van der Waals surface area contributed by atoms with Crippen molar-refractivity contribution in [3.8, 4) is 0 Å². The molecule has 0 aliphatic heterocycles. The van der Waals surface area contributed by atoms with Crippen molar-refractivity contribution in [2.45, 2.75) is 57.8 Å². The van der Waals surface area contributed by atoms with Crippen molar-refractivity contribution in [2.75, 3.05) is 6.54 Å². The van der Waals surface area contributed by atoms with E-state index in [0.717, 1.165) is 25.8 Å². The monoisotopic (exact) mass is 340 g/mol. The van der Waals surface area contributed by atoms with Crippen molar-refractivity contribution in [3.63, 3.8) is 0 Å². The molecule has 10 nitrogen and oxygen atoms in total. The fourth-order valence-electron chi connectivity index (χ4n) is 1.89. The van der Waals surface area contributed by atoms with Crippen LogP contribution in [0, 0.1) is 0 Å². The predicted octanol–water partition coefficient (Wildman–Crippen LogP) is 0.0674. The standard InChI is InChI=1S/C14H32N10/c15-13(16)19-12-22-20-10-8-6-4-2-1-3-5-7-9-11-21-24-23-14(17)18/h11-12,20,24H,1-10H2,(H4,17,18,23)(H4,15,16,19,22)/b21-11+. The van der Waals surface area contributed by atoms with Crippen LogP contribution in [0.1, 0.15) is 57.8 Å². The second-order valence-electron chi connectivity index (χ2n) is 5.27. The van der Waals surface area contributed by atoms with E-state index in [0.29, 0.717) is 0 Å². The van der Waals surface area contributed by atoms with Gasteiger partial charge in [0, 0.05) is 12.8 Å². The van der Waals surface area contributed by atoms with Crippen molar-refractivity contribution < 1.29 is 0 Å². The van der Waals surface area contributed by atoms with Gasteiger partial charge in [-0.3, -0.25) is 0 Å². The van der Waals surface area contributed by atoms with Crippen LogP contribution in [0.25, 0.3) is 0 Å². The second-order valence-corrected chi connectivity index (χ2v) is 5.27. The number of nitrogens with two attached hydrogens (primary N) is 4. The Bertz CT molecular complexity index is 394. The lowest BCUT2D eigenvalue weighted by atomic mass is 10.1. The molecular weight excluding hydrogens is 308 g/mol. The highest BCUT2D eigenvalue weighted by atomic mass is 15.5. The first kappa shape index (κ1) is 21.5. The third-order valence-corrected chi connectivity index (χ3v) is 3.06. The van der Waals surface area contributed by atoms with Gasteiger partial charge in [-0.2, -0.15) is 15.7 Å². The van der Waals surface area contributed by atoms with E-state index < -0.39 is 0 Å². The average Bonchev–Trinajstić information content (AvgIpc) is 2.53. The summed E-state index contributed by atoms with van der Waals surface area (Å²) in [6.45, 7) is 0.837. The molecule has 10 heteroatoms. The molecule has 0 spiro atoms. The SMILES string of the molecule is NC(N)=N/C=N/NCCCCCCCCCC/C=N/NN=C(N)N. The van der Waals surface area contributed by atoms with Crippen LogP contribution >= 0.6 is 0 Å². The van der Waals surface area contributed by atoms with E-state index in [1.165, 1.54) is 44.9 Å². The summed E-state index contributed by atoms with van der Waals surface area (Å²) in [6, 6.07) is 0. The third kappa shape index (κ3) is 19.5. The molecule has 0 saturated carbocycles. The summed E-state index contributed by atoms with van der Waals surface area (Å²) in [4.78, 5) is 3.63. The summed E-state index contributed by atoms with van der Waals surface area (Å²) in [6.07, 6.45) is 13.7. The number of nitrogens with one attached hydrogen (secondary N) is 2. The Morgan fingerprint density at radius 3 is 2.00 bits per heavy atom. The Kier molecular flexibility index (Phi) is 15.1. The Morgan fingerprint density at radius 1 is 0.750 bits per heavy atom. The third-order valence-electron chi connectivity index (χ3n) is 3.06. The van der Waals surface area contributed by atoms with Crippen molar-refractivity contribution >= 4 is 24.5 Å². The summed E-state index contributed by atoms with van der Waals surface area (Å²) in [5.74, 6) is -0.0166. The van der Waals surface area contributed by atoms with Crippen LogP contribution in [0.4, 0.5) is 0 Å². The number of hydrogen-bond acceptors (Lipinski definition) is 5. The van der Waals surface area contributed by atoms with E-state index in [2.05, 4.69) is 31.3 Å². The summed E-state index contributed by atoms with van der Waals surface area (Å²) in [5.41, 5.74) is 25.9. The predicted molar refractivity (Wildman–Crippen MR) is 101 cm³/mol. The molecule has 0 aliphatic rings. The van der Waals surface area contributed by atoms with Crippen molar-refractivity contribution in [1.82, 2.24) is 11.0 Å². The number of hydrazone groups is 3. The lowest BCUT2D eigenvalue weighted by Gasteiger charge is -2.02. The highest BCUT2D eigenvalue weighted by molar-refractivity contribution is 5.83. The largest absolute Gasteiger partial charge is 0.370 e. The minimum absolute atomic E-state index is 0.00967. The minimum atomic E-state index is -0.0263. The van der Waals surface area contributed by atoms with E-state index >= 15 is 0 Å². The summed E-state index contributed by atoms with van der Waals surface area (Å²) in [7, 11) is 0. The zero-order valence-corrected chi connectivity index (χ0v) is 14.3. The van der Waals surface area contributed by atoms with E-state index in [-0.39, 0.29) is 11.9 Å². The van der Waals surface area contributed by atoms with E-state index in [9.17, 15) is 0 Å². The van der Waals surface area contributed by atoms with Gasteiger partial charge in [0.25, 0.3) is 0 Å². The molecule has 0 unspecified atom stereocenters. The molecule has 0 aromatic heterocycles. The number of hydrogen-bond donors (Lipinski definition) is 6. The Balaban J connectivity index is 3.19. The number of rotatable bonds is 15. The van der Waals surface area contributed by atoms with Crippen LogP contribution in [0.3, 0.4) is 0 Å². The molecular formula is C14H32N10. The van der Waals surface area contributed by atoms with Crippen LogP contribution in [-0.4, -0.2) is 31.0 Å². The lowest BCUT2D eigenvalue weighted by Crippen LogP contribution is -2.24. The maximum Gasteiger partial charge on any atom is 0.210 e. The van der Waals surface area contributed by atoms with Gasteiger partial charge >= 0.3 is 0 Å². The zero-order chi connectivity index (χ0) is 17.9. The Labute approximate surface area is 143 Å². The van der Waals surface area contributed by atoms with Crippen molar-refractivity contribution in [3.05, 3.63) is 0 Å². The molecule has 0 saturated heterocycles. The van der Waals surface area contributed by atoms with Crippen LogP contribution < -0.4 is 33.9 Å². The number of nitrogens with zero attached hydrogens (tertiary/aromatic N) is 4. The molecule has 0 aromatic rings. The molecule has 0 amide bonds. The molecule has 0 fully saturated rings. The quantitative estimate of drug-likeness (QED) is 0.106. The second kappa shape index (κ2) is 16.8. The molecule has 0 bridgehead atoms. The highest BCUT2D eigenvalue weighted by Gasteiger charge is 1.92. The summed E-state index contributed by atoms with van der Waals surface area (Å²) < 4.78 is 0. The first-order valence-electron chi connectivity index (χ1n) is 8.31. The fourth-order valence-corrected chi connectivity index (χ4v) is 1.89. The summed E-state index contributed by atoms with van der Waals surface area (Å²) >= 11 is 0. The number of guanidine groups is 2. The first-order valence-corrected chi connectivity index (χ1v) is 8.31. The maximum atomic E-state index is 5.16. The zero-order valence-electron chi connectivity index (χ0n) is 14.3. The summed E-state index contributed by atoms with van der Waals surface area (Å²) in [5, 5.41) is 11.2. The van der Waals surface area contributed by atoms with E-state index in [4.69, 9.17) is 22.9 Å².